The Balaban J connectivity index is 2.40. The van der Waals surface area contributed by atoms with Gasteiger partial charge in [-0.25, -0.2) is 8.42 Å². The lowest BCUT2D eigenvalue weighted by Gasteiger charge is -2.09. The van der Waals surface area contributed by atoms with Crippen molar-refractivity contribution in [1.82, 2.24) is 9.78 Å². The molecule has 3 N–H and O–H groups in total. The quantitative estimate of drug-likeness (QED) is 0.877. The highest BCUT2D eigenvalue weighted by Gasteiger charge is 2.24. The molecule has 6 nitrogen and oxygen atoms in total. The molecular formula is C14H20N4O2S. The fraction of sp³-hybridized carbons (Fsp3) is 0.357. The number of nitrogens with zero attached hydrogens (tertiary/aromatic N) is 2. The minimum absolute atomic E-state index is 0.220. The molecule has 7 heteroatoms. The fourth-order valence-corrected chi connectivity index (χ4v) is 3.79. The van der Waals surface area contributed by atoms with Crippen LogP contribution < -0.4 is 10.5 Å². The Morgan fingerprint density at radius 3 is 2.62 bits per heavy atom. The predicted molar refractivity (Wildman–Crippen MR) is 82.7 cm³/mol. The smallest absolute Gasteiger partial charge is 0.265 e. The highest BCUT2D eigenvalue weighted by molar-refractivity contribution is 7.92. The molecule has 0 aliphatic heterocycles. The number of benzene rings is 1. The summed E-state index contributed by atoms with van der Waals surface area (Å²) >= 11 is 0. The number of hydrogen-bond donors (Lipinski definition) is 2. The molecule has 0 aliphatic rings. The third kappa shape index (κ3) is 3.25. The van der Waals surface area contributed by atoms with E-state index < -0.39 is 10.0 Å². The second-order valence-electron chi connectivity index (χ2n) is 4.99. The first-order valence-electron chi connectivity index (χ1n) is 6.68. The number of rotatable bonds is 5. The lowest BCUT2D eigenvalue weighted by Crippen LogP contribution is -2.16. The number of aromatic nitrogens is 2. The van der Waals surface area contributed by atoms with Gasteiger partial charge in [0.05, 0.1) is 17.9 Å². The summed E-state index contributed by atoms with van der Waals surface area (Å²) in [5, 5.41) is 4.24. The summed E-state index contributed by atoms with van der Waals surface area (Å²) in [5.41, 5.74) is 8.11. The first-order chi connectivity index (χ1) is 9.85. The van der Waals surface area contributed by atoms with E-state index >= 15 is 0 Å². The van der Waals surface area contributed by atoms with Gasteiger partial charge in [0, 0.05) is 12.2 Å². The molecule has 1 aromatic heterocycles. The Morgan fingerprint density at radius 2 is 2.00 bits per heavy atom. The molecular weight excluding hydrogens is 288 g/mol. The molecule has 0 aliphatic carbocycles. The maximum atomic E-state index is 12.6. The van der Waals surface area contributed by atoms with E-state index in [0.29, 0.717) is 30.2 Å². The average molecular weight is 308 g/mol. The number of nitrogens with one attached hydrogen (secondary N) is 1. The van der Waals surface area contributed by atoms with Gasteiger partial charge in [0.1, 0.15) is 4.90 Å². The van der Waals surface area contributed by atoms with Gasteiger partial charge in [-0.15, -0.1) is 0 Å². The van der Waals surface area contributed by atoms with Crippen LogP contribution in [-0.4, -0.2) is 24.7 Å². The Kier molecular flexibility index (Phi) is 4.34. The van der Waals surface area contributed by atoms with Gasteiger partial charge >= 0.3 is 0 Å². The molecule has 1 aromatic carbocycles. The molecule has 114 valence electrons. The monoisotopic (exact) mass is 308 g/mol. The molecule has 21 heavy (non-hydrogen) atoms. The van der Waals surface area contributed by atoms with Gasteiger partial charge in [-0.1, -0.05) is 12.1 Å². The number of hydrogen-bond acceptors (Lipinski definition) is 4. The summed E-state index contributed by atoms with van der Waals surface area (Å²) in [6, 6.07) is 7.23. The Bertz CT molecular complexity index is 750. The van der Waals surface area contributed by atoms with Crippen LogP contribution in [0.1, 0.15) is 17.0 Å². The van der Waals surface area contributed by atoms with Crippen LogP contribution in [-0.2, 0) is 16.6 Å². The standard InChI is InChI=1S/C14H20N4O2S/c1-10-5-4-6-13(9-10)17-21(19,20)14-11(2)16-18(8-7-15)12(14)3/h4-6,9,17H,7-8,15H2,1-3H3. The van der Waals surface area contributed by atoms with Crippen molar-refractivity contribution in [2.45, 2.75) is 32.2 Å². The highest BCUT2D eigenvalue weighted by atomic mass is 32.2. The lowest BCUT2D eigenvalue weighted by atomic mass is 10.2. The molecule has 1 heterocycles. The summed E-state index contributed by atoms with van der Waals surface area (Å²) in [7, 11) is -3.66. The van der Waals surface area contributed by atoms with Crippen LogP contribution in [0.2, 0.25) is 0 Å². The first-order valence-corrected chi connectivity index (χ1v) is 8.17. The van der Waals surface area contributed by atoms with Crippen molar-refractivity contribution in [1.29, 1.82) is 0 Å². The zero-order valence-corrected chi connectivity index (χ0v) is 13.2. The third-order valence-electron chi connectivity index (χ3n) is 3.20. The Labute approximate surface area is 125 Å². The maximum Gasteiger partial charge on any atom is 0.265 e. The maximum absolute atomic E-state index is 12.6. The van der Waals surface area contributed by atoms with E-state index in [0.717, 1.165) is 5.56 Å². The predicted octanol–water partition coefficient (Wildman–Crippen LogP) is 1.57. The van der Waals surface area contributed by atoms with Gasteiger partial charge in [0.2, 0.25) is 0 Å². The minimum atomic E-state index is -3.66. The molecule has 0 spiro atoms. The summed E-state index contributed by atoms with van der Waals surface area (Å²) in [4.78, 5) is 0.220. The third-order valence-corrected chi connectivity index (χ3v) is 4.83. The topological polar surface area (TPSA) is 90.0 Å². The Hall–Kier alpha value is -1.86. The van der Waals surface area contributed by atoms with Gasteiger partial charge in [0.25, 0.3) is 10.0 Å². The number of nitrogens with two attached hydrogens (primary N) is 1. The summed E-state index contributed by atoms with van der Waals surface area (Å²) in [6.45, 7) is 6.23. The van der Waals surface area contributed by atoms with Crippen molar-refractivity contribution in [3.8, 4) is 0 Å². The normalized spacial score (nSPS) is 11.6. The van der Waals surface area contributed by atoms with Crippen LogP contribution in [0.3, 0.4) is 0 Å². The highest BCUT2D eigenvalue weighted by Crippen LogP contribution is 2.22. The molecule has 0 radical (unpaired) electrons. The van der Waals surface area contributed by atoms with E-state index in [9.17, 15) is 8.42 Å². The molecule has 0 saturated heterocycles. The summed E-state index contributed by atoms with van der Waals surface area (Å²) < 4.78 is 29.4. The number of sulfonamides is 1. The Morgan fingerprint density at radius 1 is 1.29 bits per heavy atom. The van der Waals surface area contributed by atoms with E-state index in [4.69, 9.17) is 5.73 Å². The van der Waals surface area contributed by atoms with Crippen LogP contribution >= 0.6 is 0 Å². The van der Waals surface area contributed by atoms with Crippen molar-refractivity contribution < 1.29 is 8.42 Å². The van der Waals surface area contributed by atoms with Crippen LogP contribution in [0, 0.1) is 20.8 Å². The van der Waals surface area contributed by atoms with Crippen LogP contribution in [0.25, 0.3) is 0 Å². The largest absolute Gasteiger partial charge is 0.329 e. The molecule has 0 fully saturated rings. The second-order valence-corrected chi connectivity index (χ2v) is 6.61. The van der Waals surface area contributed by atoms with Gasteiger partial charge in [-0.3, -0.25) is 9.40 Å². The van der Waals surface area contributed by atoms with Crippen LogP contribution in [0.5, 0.6) is 0 Å². The van der Waals surface area contributed by atoms with Crippen LogP contribution in [0.15, 0.2) is 29.2 Å². The molecule has 0 bridgehead atoms. The van der Waals surface area contributed by atoms with Crippen molar-refractivity contribution in [2.24, 2.45) is 5.73 Å². The van der Waals surface area contributed by atoms with Gasteiger partial charge in [-0.05, 0) is 38.5 Å². The van der Waals surface area contributed by atoms with Crippen molar-refractivity contribution >= 4 is 15.7 Å². The van der Waals surface area contributed by atoms with E-state index in [-0.39, 0.29) is 4.90 Å². The lowest BCUT2D eigenvalue weighted by molar-refractivity contribution is 0.593. The van der Waals surface area contributed by atoms with Crippen molar-refractivity contribution in [3.05, 3.63) is 41.2 Å². The van der Waals surface area contributed by atoms with Gasteiger partial charge in [-0.2, -0.15) is 5.10 Å². The molecule has 0 atom stereocenters. The average Bonchev–Trinajstić information content (AvgIpc) is 2.64. The molecule has 0 unspecified atom stereocenters. The van der Waals surface area contributed by atoms with E-state index in [2.05, 4.69) is 9.82 Å². The summed E-state index contributed by atoms with van der Waals surface area (Å²) in [6.07, 6.45) is 0. The zero-order chi connectivity index (χ0) is 15.6. The summed E-state index contributed by atoms with van der Waals surface area (Å²) in [5.74, 6) is 0. The minimum Gasteiger partial charge on any atom is -0.329 e. The van der Waals surface area contributed by atoms with Gasteiger partial charge in [0.15, 0.2) is 0 Å². The first kappa shape index (κ1) is 15.5. The second kappa shape index (κ2) is 5.87. The SMILES string of the molecule is Cc1cccc(NS(=O)(=O)c2c(C)nn(CCN)c2C)c1. The number of anilines is 1. The number of aryl methyl sites for hydroxylation is 2. The fourth-order valence-electron chi connectivity index (χ4n) is 2.32. The van der Waals surface area contributed by atoms with E-state index in [1.807, 2.05) is 19.1 Å². The van der Waals surface area contributed by atoms with E-state index in [1.54, 1.807) is 30.7 Å². The van der Waals surface area contributed by atoms with E-state index in [1.165, 1.54) is 0 Å². The molecule has 2 aromatic rings. The van der Waals surface area contributed by atoms with Crippen molar-refractivity contribution in [3.63, 3.8) is 0 Å². The van der Waals surface area contributed by atoms with Gasteiger partial charge < -0.3 is 5.73 Å². The van der Waals surface area contributed by atoms with Crippen molar-refractivity contribution in [2.75, 3.05) is 11.3 Å². The van der Waals surface area contributed by atoms with Crippen LogP contribution in [0.4, 0.5) is 5.69 Å². The zero-order valence-electron chi connectivity index (χ0n) is 12.4. The molecule has 0 saturated carbocycles. The molecule has 0 amide bonds. The molecule has 2 rings (SSSR count).